The number of amides is 1. The van der Waals surface area contributed by atoms with Crippen molar-refractivity contribution in [2.75, 3.05) is 36.4 Å². The van der Waals surface area contributed by atoms with Gasteiger partial charge >= 0.3 is 0 Å². The Bertz CT molecular complexity index is 1650. The van der Waals surface area contributed by atoms with Crippen LogP contribution in [0.5, 0.6) is 5.88 Å². The summed E-state index contributed by atoms with van der Waals surface area (Å²) >= 11 is 1.56. The van der Waals surface area contributed by atoms with Gasteiger partial charge in [0.25, 0.3) is 15.9 Å². The largest absolute Gasteiger partial charge is 0.480 e. The van der Waals surface area contributed by atoms with Gasteiger partial charge in [0.2, 0.25) is 5.88 Å². The molecule has 37 heavy (non-hydrogen) atoms. The third-order valence-corrected chi connectivity index (χ3v) is 9.47. The van der Waals surface area contributed by atoms with Gasteiger partial charge in [-0.3, -0.25) is 9.52 Å². The Hall–Kier alpha value is -3.77. The molecule has 0 spiro atoms. The second kappa shape index (κ2) is 8.96. The van der Waals surface area contributed by atoms with Gasteiger partial charge in [0.1, 0.15) is 17.8 Å². The smallest absolute Gasteiger partial charge is 0.262 e. The van der Waals surface area contributed by atoms with Crippen LogP contribution in [0.1, 0.15) is 22.3 Å². The van der Waals surface area contributed by atoms with Crippen LogP contribution in [0, 0.1) is 12.8 Å². The van der Waals surface area contributed by atoms with Gasteiger partial charge in [0.15, 0.2) is 0 Å². The van der Waals surface area contributed by atoms with Crippen LogP contribution in [0.4, 0.5) is 11.5 Å². The number of anilines is 2. The standard InChI is InChI=1S/C25H24N6O4S2/c1-14-20-22-23(29-13-28-20)31-7-6-15(12-31)10-26-24(32)16-4-3-5-18(8-16)37(33,34)30-19-9-17(21(14)36-22)11-27-25(19)35-2/h3-5,8-9,11,13,15,30H,6-7,10,12H2,1-2H3,(H,26,32)/t15-/m1/s1. The predicted octanol–water partition coefficient (Wildman–Crippen LogP) is 3.44. The zero-order chi connectivity index (χ0) is 25.7. The normalized spacial score (nSPS) is 18.7. The lowest BCUT2D eigenvalue weighted by molar-refractivity contribution is 0.0948. The van der Waals surface area contributed by atoms with E-state index < -0.39 is 10.0 Å². The molecule has 10 nitrogen and oxygen atoms in total. The molecule has 3 aromatic heterocycles. The average molecular weight is 537 g/mol. The van der Waals surface area contributed by atoms with Crippen molar-refractivity contribution in [2.24, 2.45) is 5.92 Å². The first-order valence-electron chi connectivity index (χ1n) is 11.8. The number of nitrogens with zero attached hydrogens (tertiary/aromatic N) is 4. The number of aryl methyl sites for hydroxylation is 1. The average Bonchev–Trinajstić information content (AvgIpc) is 3.51. The van der Waals surface area contributed by atoms with Crippen LogP contribution in [0.15, 0.2) is 47.8 Å². The van der Waals surface area contributed by atoms with E-state index in [1.54, 1.807) is 42.1 Å². The molecule has 190 valence electrons. The number of methoxy groups -OCH3 is 1. The number of aromatic nitrogens is 3. The zero-order valence-electron chi connectivity index (χ0n) is 20.2. The minimum absolute atomic E-state index is 0.0290. The number of thiophene rings is 1. The van der Waals surface area contributed by atoms with E-state index in [4.69, 9.17) is 4.74 Å². The fourth-order valence-corrected chi connectivity index (χ4v) is 7.22. The molecule has 0 radical (unpaired) electrons. The van der Waals surface area contributed by atoms with Crippen LogP contribution in [0.2, 0.25) is 0 Å². The molecule has 0 unspecified atom stereocenters. The maximum Gasteiger partial charge on any atom is 0.262 e. The van der Waals surface area contributed by atoms with Gasteiger partial charge in [-0.2, -0.15) is 0 Å². The highest BCUT2D eigenvalue weighted by Crippen LogP contribution is 2.42. The van der Waals surface area contributed by atoms with Gasteiger partial charge in [-0.05, 0) is 49.1 Å². The van der Waals surface area contributed by atoms with E-state index in [0.717, 1.165) is 51.5 Å². The highest BCUT2D eigenvalue weighted by Gasteiger charge is 2.28. The van der Waals surface area contributed by atoms with Crippen molar-refractivity contribution < 1.29 is 17.9 Å². The summed E-state index contributed by atoms with van der Waals surface area (Å²) in [6.07, 6.45) is 4.15. The molecule has 5 heterocycles. The second-order valence-corrected chi connectivity index (χ2v) is 11.9. The monoisotopic (exact) mass is 536 g/mol. The van der Waals surface area contributed by atoms with Gasteiger partial charge in [-0.15, -0.1) is 11.3 Å². The summed E-state index contributed by atoms with van der Waals surface area (Å²) in [4.78, 5) is 29.6. The van der Waals surface area contributed by atoms with Crippen molar-refractivity contribution >= 4 is 49.0 Å². The molecular weight excluding hydrogens is 512 g/mol. The third-order valence-electron chi connectivity index (χ3n) is 6.78. The van der Waals surface area contributed by atoms with Gasteiger partial charge in [0.05, 0.1) is 22.2 Å². The van der Waals surface area contributed by atoms with Crippen LogP contribution in [0.3, 0.4) is 0 Å². The molecule has 2 aliphatic rings. The molecule has 2 N–H and O–H groups in total. The molecular formula is C25H24N6O4S2. The highest BCUT2D eigenvalue weighted by molar-refractivity contribution is 7.92. The van der Waals surface area contributed by atoms with Crippen molar-refractivity contribution in [3.8, 4) is 16.3 Å². The fourth-order valence-electron chi connectivity index (χ4n) is 4.86. The number of carbonyl (C=O) groups is 1. The van der Waals surface area contributed by atoms with Crippen LogP contribution in [-0.4, -0.2) is 56.0 Å². The summed E-state index contributed by atoms with van der Waals surface area (Å²) in [5.41, 5.74) is 3.03. The van der Waals surface area contributed by atoms with Gasteiger partial charge in [-0.1, -0.05) is 6.07 Å². The van der Waals surface area contributed by atoms with E-state index in [1.165, 1.54) is 19.2 Å². The van der Waals surface area contributed by atoms with Crippen LogP contribution in [0.25, 0.3) is 20.7 Å². The lowest BCUT2D eigenvalue weighted by Gasteiger charge is -2.18. The minimum Gasteiger partial charge on any atom is -0.480 e. The summed E-state index contributed by atoms with van der Waals surface area (Å²) in [5.74, 6) is 0.934. The molecule has 12 heteroatoms. The van der Waals surface area contributed by atoms with Crippen LogP contribution >= 0.6 is 11.3 Å². The van der Waals surface area contributed by atoms with Crippen LogP contribution < -0.4 is 19.7 Å². The molecule has 1 saturated heterocycles. The third kappa shape index (κ3) is 4.15. The molecule has 1 fully saturated rings. The molecule has 1 amide bonds. The SMILES string of the molecule is COc1ncc2cc1NS(=O)(=O)c1cccc(c1)C(=O)NC[C@H]1CCN(C1)c1ncnc3c(C)c-2sc13. The molecule has 1 atom stereocenters. The van der Waals surface area contributed by atoms with Gasteiger partial charge in [-0.25, -0.2) is 23.4 Å². The number of nitrogens with one attached hydrogen (secondary N) is 2. The molecule has 8 bridgehead atoms. The Morgan fingerprint density at radius 2 is 2.03 bits per heavy atom. The van der Waals surface area contributed by atoms with E-state index in [2.05, 4.69) is 29.9 Å². The Labute approximate surface area is 217 Å². The van der Waals surface area contributed by atoms with E-state index >= 15 is 0 Å². The number of hydrogen-bond acceptors (Lipinski definition) is 9. The lowest BCUT2D eigenvalue weighted by atomic mass is 10.1. The minimum atomic E-state index is -4.04. The number of hydrogen-bond donors (Lipinski definition) is 2. The molecule has 0 saturated carbocycles. The number of pyridine rings is 1. The van der Waals surface area contributed by atoms with E-state index in [1.807, 2.05) is 6.92 Å². The number of benzene rings is 1. The molecule has 1 aromatic carbocycles. The van der Waals surface area contributed by atoms with Crippen molar-refractivity contribution in [3.05, 3.63) is 54.0 Å². The maximum absolute atomic E-state index is 13.3. The van der Waals surface area contributed by atoms with Crippen molar-refractivity contribution in [1.82, 2.24) is 20.3 Å². The molecule has 2 aliphatic heterocycles. The van der Waals surface area contributed by atoms with E-state index in [-0.39, 0.29) is 33.9 Å². The summed E-state index contributed by atoms with van der Waals surface area (Å²) in [7, 11) is -2.61. The summed E-state index contributed by atoms with van der Waals surface area (Å²) in [6.45, 7) is 4.06. The number of fused-ring (bicyclic) bond motifs is 9. The molecule has 4 aromatic rings. The summed E-state index contributed by atoms with van der Waals surface area (Å²) < 4.78 is 35.6. The van der Waals surface area contributed by atoms with Gasteiger partial charge in [0, 0.05) is 41.8 Å². The Kier molecular flexibility index (Phi) is 5.72. The lowest BCUT2D eigenvalue weighted by Crippen LogP contribution is -2.31. The predicted molar refractivity (Wildman–Crippen MR) is 142 cm³/mol. The van der Waals surface area contributed by atoms with Crippen molar-refractivity contribution in [3.63, 3.8) is 0 Å². The van der Waals surface area contributed by atoms with Gasteiger partial charge < -0.3 is 15.0 Å². The number of sulfonamides is 1. The van der Waals surface area contributed by atoms with E-state index in [0.29, 0.717) is 6.54 Å². The number of carbonyl (C=O) groups excluding carboxylic acids is 1. The first-order chi connectivity index (χ1) is 17.8. The fraction of sp³-hybridized carbons (Fsp3) is 0.280. The first-order valence-corrected chi connectivity index (χ1v) is 14.1. The summed E-state index contributed by atoms with van der Waals surface area (Å²) in [5, 5.41) is 2.97. The Balaban J connectivity index is 1.54. The number of rotatable bonds is 1. The number of ether oxygens (including phenoxy) is 1. The topological polar surface area (TPSA) is 126 Å². The molecule has 6 rings (SSSR count). The molecule has 0 aliphatic carbocycles. The Morgan fingerprint density at radius 3 is 2.86 bits per heavy atom. The maximum atomic E-state index is 13.3. The Morgan fingerprint density at radius 1 is 1.16 bits per heavy atom. The highest BCUT2D eigenvalue weighted by atomic mass is 32.2. The second-order valence-electron chi connectivity index (χ2n) is 9.16. The van der Waals surface area contributed by atoms with Crippen molar-refractivity contribution in [2.45, 2.75) is 18.2 Å². The van der Waals surface area contributed by atoms with E-state index in [9.17, 15) is 13.2 Å². The van der Waals surface area contributed by atoms with Crippen molar-refractivity contribution in [1.29, 1.82) is 0 Å². The summed E-state index contributed by atoms with van der Waals surface area (Å²) in [6, 6.07) is 7.69. The quantitative estimate of drug-likeness (QED) is 0.379. The van der Waals surface area contributed by atoms with Crippen LogP contribution in [-0.2, 0) is 10.0 Å². The first kappa shape index (κ1) is 23.6. The zero-order valence-corrected chi connectivity index (χ0v) is 21.8.